The van der Waals surface area contributed by atoms with Crippen LogP contribution in [0.1, 0.15) is 43.2 Å². The molecule has 0 bridgehead atoms. The molecule has 0 radical (unpaired) electrons. The van der Waals surface area contributed by atoms with Gasteiger partial charge in [0.05, 0.1) is 29.3 Å². The number of aliphatic hydroxyl groups is 4. The number of aryl methyl sites for hydroxylation is 1. The molecule has 1 aromatic rings. The lowest BCUT2D eigenvalue weighted by Gasteiger charge is -2.59. The van der Waals surface area contributed by atoms with Gasteiger partial charge in [-0.15, -0.1) is 0 Å². The average Bonchev–Trinajstić information content (AvgIpc) is 2.79. The fourth-order valence-electron chi connectivity index (χ4n) is 5.63. The Kier molecular flexibility index (Phi) is 3.26. The minimum absolute atomic E-state index is 0.210. The summed E-state index contributed by atoms with van der Waals surface area (Å²) < 4.78 is 0. The number of fused-ring (bicyclic) bond motifs is 5. The van der Waals surface area contributed by atoms with E-state index in [4.69, 9.17) is 0 Å². The molecule has 2 fully saturated rings. The fourth-order valence-corrected chi connectivity index (χ4v) is 5.63. The summed E-state index contributed by atoms with van der Waals surface area (Å²) in [4.78, 5) is 0. The first kappa shape index (κ1) is 16.1. The van der Waals surface area contributed by atoms with Crippen LogP contribution in [0.15, 0.2) is 12.1 Å². The minimum Gasteiger partial charge on any atom is -0.504 e. The van der Waals surface area contributed by atoms with Gasteiger partial charge in [-0.25, -0.2) is 0 Å². The van der Waals surface area contributed by atoms with Crippen LogP contribution in [0.5, 0.6) is 11.5 Å². The van der Waals surface area contributed by atoms with Crippen LogP contribution in [0.4, 0.5) is 0 Å². The van der Waals surface area contributed by atoms with E-state index < -0.39 is 35.2 Å². The van der Waals surface area contributed by atoms with Crippen LogP contribution in [0.3, 0.4) is 0 Å². The topological polar surface area (TPSA) is 121 Å². The van der Waals surface area contributed by atoms with Gasteiger partial charge in [0.2, 0.25) is 0 Å². The molecule has 7 atom stereocenters. The van der Waals surface area contributed by atoms with Crippen molar-refractivity contribution in [2.45, 2.75) is 62.4 Å². The second kappa shape index (κ2) is 4.85. The highest BCUT2D eigenvalue weighted by Gasteiger charge is 2.70. The zero-order valence-corrected chi connectivity index (χ0v) is 13.6. The molecule has 0 heterocycles. The third-order valence-corrected chi connectivity index (χ3v) is 7.10. The van der Waals surface area contributed by atoms with Crippen molar-refractivity contribution in [3.63, 3.8) is 0 Å². The van der Waals surface area contributed by atoms with E-state index in [-0.39, 0.29) is 17.4 Å². The lowest BCUT2D eigenvalue weighted by molar-refractivity contribution is -0.245. The second-order valence-corrected chi connectivity index (χ2v) is 7.91. The minimum atomic E-state index is -1.28. The molecule has 0 saturated heterocycles. The maximum Gasteiger partial charge on any atom is 0.157 e. The second-order valence-electron chi connectivity index (χ2n) is 7.91. The number of rotatable bonds is 0. The summed E-state index contributed by atoms with van der Waals surface area (Å²) in [5, 5.41) is 63.0. The van der Waals surface area contributed by atoms with Gasteiger partial charge in [-0.05, 0) is 54.9 Å². The van der Waals surface area contributed by atoms with Gasteiger partial charge in [-0.1, -0.05) is 6.92 Å². The van der Waals surface area contributed by atoms with E-state index in [9.17, 15) is 30.6 Å². The molecule has 4 rings (SSSR count). The van der Waals surface area contributed by atoms with E-state index in [2.05, 4.69) is 0 Å². The molecule has 3 aliphatic rings. The molecule has 1 aromatic carbocycles. The highest BCUT2D eigenvalue weighted by molar-refractivity contribution is 5.49. The fraction of sp³-hybridized carbons (Fsp3) is 0.667. The van der Waals surface area contributed by atoms with E-state index in [1.807, 2.05) is 0 Å². The molecule has 132 valence electrons. The van der Waals surface area contributed by atoms with Gasteiger partial charge in [0.15, 0.2) is 11.5 Å². The van der Waals surface area contributed by atoms with Gasteiger partial charge in [0.25, 0.3) is 0 Å². The SMILES string of the molecule is C[C@@]12[C@H](O)CC[C@]1(O)[C@@H]1CCc3cc(O)c(O)cc3[C@H]1[C@H](O)[C@H]2O. The highest BCUT2D eigenvalue weighted by Crippen LogP contribution is 2.63. The first-order valence-electron chi connectivity index (χ1n) is 8.53. The quantitative estimate of drug-likeness (QED) is 0.381. The van der Waals surface area contributed by atoms with Crippen LogP contribution in [0.2, 0.25) is 0 Å². The molecule has 24 heavy (non-hydrogen) atoms. The summed E-state index contributed by atoms with van der Waals surface area (Å²) in [6.45, 7) is 1.65. The zero-order valence-electron chi connectivity index (χ0n) is 13.6. The molecular formula is C18H24O6. The molecule has 6 heteroatoms. The van der Waals surface area contributed by atoms with Crippen LogP contribution in [-0.4, -0.2) is 54.6 Å². The number of benzene rings is 1. The molecule has 0 spiro atoms. The number of aliphatic hydroxyl groups excluding tert-OH is 3. The maximum absolute atomic E-state index is 11.4. The predicted molar refractivity (Wildman–Crippen MR) is 84.6 cm³/mol. The molecule has 6 N–H and O–H groups in total. The van der Waals surface area contributed by atoms with E-state index in [1.54, 1.807) is 6.92 Å². The summed E-state index contributed by atoms with van der Waals surface area (Å²) in [6.07, 6.45) is -1.36. The van der Waals surface area contributed by atoms with Crippen molar-refractivity contribution in [2.75, 3.05) is 0 Å². The molecule has 3 aliphatic carbocycles. The van der Waals surface area contributed by atoms with Crippen molar-refractivity contribution in [1.82, 2.24) is 0 Å². The zero-order chi connectivity index (χ0) is 17.4. The Hall–Kier alpha value is -1.34. The Balaban J connectivity index is 1.88. The van der Waals surface area contributed by atoms with E-state index in [0.717, 1.165) is 5.56 Å². The van der Waals surface area contributed by atoms with Crippen LogP contribution in [0, 0.1) is 11.3 Å². The molecule has 2 saturated carbocycles. The number of hydrogen-bond acceptors (Lipinski definition) is 6. The molecule has 6 nitrogen and oxygen atoms in total. The number of aromatic hydroxyl groups is 2. The van der Waals surface area contributed by atoms with Crippen molar-refractivity contribution in [3.8, 4) is 11.5 Å². The number of phenolic OH excluding ortho intramolecular Hbond substituents is 2. The van der Waals surface area contributed by atoms with Gasteiger partial charge in [-0.3, -0.25) is 0 Å². The Morgan fingerprint density at radius 2 is 1.71 bits per heavy atom. The van der Waals surface area contributed by atoms with Crippen molar-refractivity contribution in [3.05, 3.63) is 23.3 Å². The van der Waals surface area contributed by atoms with Crippen LogP contribution < -0.4 is 0 Å². The normalized spacial score (nSPS) is 47.0. The summed E-state index contributed by atoms with van der Waals surface area (Å²) in [6, 6.07) is 2.91. The third kappa shape index (κ3) is 1.69. The summed E-state index contributed by atoms with van der Waals surface area (Å²) in [5.41, 5.74) is -0.987. The Morgan fingerprint density at radius 3 is 2.42 bits per heavy atom. The highest BCUT2D eigenvalue weighted by atomic mass is 16.3. The van der Waals surface area contributed by atoms with Crippen molar-refractivity contribution in [2.24, 2.45) is 11.3 Å². The first-order valence-corrected chi connectivity index (χ1v) is 8.53. The Labute approximate surface area is 140 Å². The Morgan fingerprint density at radius 1 is 1.04 bits per heavy atom. The third-order valence-electron chi connectivity index (χ3n) is 7.10. The molecule has 0 aromatic heterocycles. The standard InChI is InChI=1S/C18H24O6/c1-17-13(21)4-5-18(17,24)10-3-2-8-6-11(19)12(20)7-9(8)14(10)15(22)16(17)23/h6-7,10,13-16,19-24H,2-5H2,1H3/t10-,13-,14-,15+,16-,17+,18+/m1/s1. The van der Waals surface area contributed by atoms with E-state index in [0.29, 0.717) is 31.2 Å². The maximum atomic E-state index is 11.4. The van der Waals surface area contributed by atoms with Gasteiger partial charge in [-0.2, -0.15) is 0 Å². The average molecular weight is 336 g/mol. The lowest BCUT2D eigenvalue weighted by Crippen LogP contribution is -2.68. The van der Waals surface area contributed by atoms with Crippen LogP contribution in [-0.2, 0) is 6.42 Å². The van der Waals surface area contributed by atoms with Gasteiger partial charge < -0.3 is 30.6 Å². The first-order chi connectivity index (χ1) is 11.2. The van der Waals surface area contributed by atoms with Crippen molar-refractivity contribution >= 4 is 0 Å². The van der Waals surface area contributed by atoms with Crippen molar-refractivity contribution in [1.29, 1.82) is 0 Å². The molecular weight excluding hydrogens is 312 g/mol. The predicted octanol–water partition coefficient (Wildman–Crippen LogP) is 0.371. The van der Waals surface area contributed by atoms with Crippen LogP contribution >= 0.6 is 0 Å². The van der Waals surface area contributed by atoms with Crippen LogP contribution in [0.25, 0.3) is 0 Å². The monoisotopic (exact) mass is 336 g/mol. The summed E-state index contributed by atoms with van der Waals surface area (Å²) in [5.74, 6) is -1.35. The van der Waals surface area contributed by atoms with Gasteiger partial charge in [0.1, 0.15) is 0 Å². The Bertz CT molecular complexity index is 690. The smallest absolute Gasteiger partial charge is 0.157 e. The van der Waals surface area contributed by atoms with E-state index in [1.165, 1.54) is 12.1 Å². The number of hydrogen-bond donors (Lipinski definition) is 6. The van der Waals surface area contributed by atoms with Crippen molar-refractivity contribution < 1.29 is 30.6 Å². The number of phenols is 2. The molecule has 0 aliphatic heterocycles. The summed E-state index contributed by atoms with van der Waals surface area (Å²) in [7, 11) is 0. The molecule has 0 unspecified atom stereocenters. The van der Waals surface area contributed by atoms with E-state index >= 15 is 0 Å². The van der Waals surface area contributed by atoms with Gasteiger partial charge in [0, 0.05) is 5.92 Å². The summed E-state index contributed by atoms with van der Waals surface area (Å²) >= 11 is 0. The largest absolute Gasteiger partial charge is 0.504 e. The lowest BCUT2D eigenvalue weighted by atomic mass is 9.50. The van der Waals surface area contributed by atoms with Gasteiger partial charge >= 0.3 is 0 Å². The molecule has 0 amide bonds.